The molecule has 0 spiro atoms. The van der Waals surface area contributed by atoms with Gasteiger partial charge in [0.25, 0.3) is 0 Å². The molecule has 5 N–H and O–H groups in total. The maximum Gasteiger partial charge on any atom is 0.326 e. The quantitative estimate of drug-likeness (QED) is 0.221. The van der Waals surface area contributed by atoms with E-state index in [0.717, 1.165) is 51.4 Å². The zero-order valence-electron chi connectivity index (χ0n) is 27.5. The van der Waals surface area contributed by atoms with Crippen LogP contribution in [0.3, 0.4) is 0 Å². The van der Waals surface area contributed by atoms with Crippen molar-refractivity contribution in [3.05, 3.63) is 24.3 Å². The van der Waals surface area contributed by atoms with E-state index in [1.807, 2.05) is 0 Å². The number of para-hydroxylation sites is 2. The fourth-order valence-corrected chi connectivity index (χ4v) is 10.5. The largest absolute Gasteiger partial charge is 0.495 e. The van der Waals surface area contributed by atoms with Crippen LogP contribution in [0, 0.1) is 46.3 Å². The van der Waals surface area contributed by atoms with Crippen LogP contribution in [0.15, 0.2) is 24.3 Å². The van der Waals surface area contributed by atoms with Gasteiger partial charge in [-0.15, -0.1) is 0 Å². The van der Waals surface area contributed by atoms with Crippen LogP contribution in [0.25, 0.3) is 0 Å². The predicted molar refractivity (Wildman–Crippen MR) is 171 cm³/mol. The van der Waals surface area contributed by atoms with Crippen LogP contribution in [0.4, 0.5) is 5.69 Å². The van der Waals surface area contributed by atoms with Crippen molar-refractivity contribution < 1.29 is 34.4 Å². The van der Waals surface area contributed by atoms with Gasteiger partial charge in [0, 0.05) is 12.8 Å². The lowest BCUT2D eigenvalue weighted by Gasteiger charge is -2.62. The van der Waals surface area contributed by atoms with Crippen LogP contribution in [-0.2, 0) is 14.4 Å². The van der Waals surface area contributed by atoms with Crippen molar-refractivity contribution in [1.82, 2.24) is 5.32 Å². The molecule has 0 unspecified atom stereocenters. The third kappa shape index (κ3) is 6.76. The van der Waals surface area contributed by atoms with E-state index < -0.39 is 12.0 Å². The molecule has 9 nitrogen and oxygen atoms in total. The molecule has 9 heteroatoms. The lowest BCUT2D eigenvalue weighted by atomic mass is 9.43. The van der Waals surface area contributed by atoms with Gasteiger partial charge in [-0.3, -0.25) is 9.59 Å². The maximum absolute atomic E-state index is 12.9. The summed E-state index contributed by atoms with van der Waals surface area (Å²) in [5.74, 6) is 1.13. The lowest BCUT2D eigenvalue weighted by molar-refractivity contribution is -0.174. The summed E-state index contributed by atoms with van der Waals surface area (Å²) in [6.45, 7) is 7.08. The Balaban J connectivity index is 1.13. The fourth-order valence-electron chi connectivity index (χ4n) is 10.5. The second-order valence-electron chi connectivity index (χ2n) is 15.2. The molecule has 45 heavy (non-hydrogen) atoms. The lowest BCUT2D eigenvalue weighted by Crippen LogP contribution is -2.58. The Morgan fingerprint density at radius 1 is 0.933 bits per heavy atom. The first-order valence-corrected chi connectivity index (χ1v) is 17.2. The smallest absolute Gasteiger partial charge is 0.326 e. The summed E-state index contributed by atoms with van der Waals surface area (Å²) in [5, 5.41) is 37.0. The highest BCUT2D eigenvalue weighted by molar-refractivity contribution is 5.93. The summed E-state index contributed by atoms with van der Waals surface area (Å²) in [6, 6.07) is 5.86. The molecule has 4 aliphatic carbocycles. The number of anilines is 1. The second-order valence-corrected chi connectivity index (χ2v) is 15.2. The number of carbonyl (C=O) groups is 3. The van der Waals surface area contributed by atoms with Gasteiger partial charge in [0.05, 0.1) is 25.0 Å². The standard InChI is InChI=1S/C36H54N2O7/c1-21(9-13-31(41)38-28(34(43)44)12-14-32(42)37-27-7-5-6-8-30(27)45-4)24-10-11-25-33-26(16-18-36(24,25)3)35(2)17-15-23(39)19-22(35)20-29(33)40/h5-8,21-26,28-29,33,39-40H,9-20H2,1-4H3,(H,37,42)(H,38,41)(H,43,44)/t21-,22+,23-,24-,25+,26+,28+,29-,33+,35+,36-/m1/s1. The summed E-state index contributed by atoms with van der Waals surface area (Å²) in [5.41, 5.74) is 0.826. The van der Waals surface area contributed by atoms with Gasteiger partial charge in [-0.2, -0.15) is 0 Å². The fraction of sp³-hybridized carbons (Fsp3) is 0.750. The van der Waals surface area contributed by atoms with Crippen LogP contribution in [0.5, 0.6) is 5.75 Å². The first-order chi connectivity index (χ1) is 21.4. The Labute approximate surface area is 267 Å². The van der Waals surface area contributed by atoms with E-state index in [0.29, 0.717) is 53.4 Å². The number of hydrogen-bond donors (Lipinski definition) is 5. The molecule has 0 saturated heterocycles. The minimum absolute atomic E-state index is 0.0103. The molecule has 1 aromatic rings. The molecule has 0 bridgehead atoms. The highest BCUT2D eigenvalue weighted by Crippen LogP contribution is 2.68. The zero-order chi connectivity index (χ0) is 32.5. The van der Waals surface area contributed by atoms with Crippen molar-refractivity contribution in [3.63, 3.8) is 0 Å². The molecule has 5 rings (SSSR count). The summed E-state index contributed by atoms with van der Waals surface area (Å²) in [4.78, 5) is 37.4. The molecule has 4 aliphatic rings. The van der Waals surface area contributed by atoms with Gasteiger partial charge in [0.15, 0.2) is 0 Å². The Morgan fingerprint density at radius 3 is 2.36 bits per heavy atom. The number of aliphatic carboxylic acids is 1. The molecule has 0 aromatic heterocycles. The average Bonchev–Trinajstić information content (AvgIpc) is 3.36. The molecule has 0 radical (unpaired) electrons. The Bertz CT molecular complexity index is 1240. The second kappa shape index (κ2) is 13.6. The van der Waals surface area contributed by atoms with Gasteiger partial charge < -0.3 is 30.7 Å². The van der Waals surface area contributed by atoms with Crippen molar-refractivity contribution in [2.24, 2.45) is 46.3 Å². The van der Waals surface area contributed by atoms with Crippen molar-refractivity contribution >= 4 is 23.5 Å². The van der Waals surface area contributed by atoms with Gasteiger partial charge in [-0.1, -0.05) is 32.9 Å². The minimum Gasteiger partial charge on any atom is -0.495 e. The van der Waals surface area contributed by atoms with Crippen molar-refractivity contribution in [1.29, 1.82) is 0 Å². The van der Waals surface area contributed by atoms with Crippen LogP contribution >= 0.6 is 0 Å². The molecule has 11 atom stereocenters. The number of carboxylic acids is 1. The monoisotopic (exact) mass is 626 g/mol. The van der Waals surface area contributed by atoms with E-state index in [-0.39, 0.29) is 54.1 Å². The molecule has 250 valence electrons. The topological polar surface area (TPSA) is 145 Å². The third-order valence-electron chi connectivity index (χ3n) is 12.9. The summed E-state index contributed by atoms with van der Waals surface area (Å²) in [6.07, 6.45) is 8.30. The van der Waals surface area contributed by atoms with E-state index >= 15 is 0 Å². The number of carbonyl (C=O) groups excluding carboxylic acids is 2. The van der Waals surface area contributed by atoms with Gasteiger partial charge in [0.2, 0.25) is 11.8 Å². The van der Waals surface area contributed by atoms with Crippen LogP contribution in [-0.4, -0.2) is 58.5 Å². The third-order valence-corrected chi connectivity index (χ3v) is 12.9. The normalized spacial score (nSPS) is 36.9. The average molecular weight is 627 g/mol. The van der Waals surface area contributed by atoms with Gasteiger partial charge in [-0.05, 0) is 123 Å². The van der Waals surface area contributed by atoms with Crippen LogP contribution in [0.2, 0.25) is 0 Å². The summed E-state index contributed by atoms with van der Waals surface area (Å²) in [7, 11) is 1.51. The minimum atomic E-state index is -1.15. The molecule has 1 aromatic carbocycles. The highest BCUT2D eigenvalue weighted by atomic mass is 16.5. The highest BCUT2D eigenvalue weighted by Gasteiger charge is 2.62. The number of benzene rings is 1. The number of aliphatic hydroxyl groups excluding tert-OH is 2. The number of ether oxygens (including phenoxy) is 1. The molecule has 4 saturated carbocycles. The number of aliphatic hydroxyl groups is 2. The number of amides is 2. The maximum atomic E-state index is 12.9. The first kappa shape index (κ1) is 33.7. The number of fused-ring (bicyclic) bond motifs is 5. The van der Waals surface area contributed by atoms with E-state index in [1.54, 1.807) is 24.3 Å². The van der Waals surface area contributed by atoms with Crippen molar-refractivity contribution in [3.8, 4) is 5.75 Å². The molecular formula is C36H54N2O7. The van der Waals surface area contributed by atoms with Crippen LogP contribution < -0.4 is 15.4 Å². The summed E-state index contributed by atoms with van der Waals surface area (Å²) < 4.78 is 5.25. The Kier molecular flexibility index (Phi) is 10.2. The number of hydrogen-bond acceptors (Lipinski definition) is 6. The summed E-state index contributed by atoms with van der Waals surface area (Å²) >= 11 is 0. The van der Waals surface area contributed by atoms with E-state index in [4.69, 9.17) is 4.74 Å². The van der Waals surface area contributed by atoms with Crippen molar-refractivity contribution in [2.45, 2.75) is 116 Å². The molecule has 2 amide bonds. The van der Waals surface area contributed by atoms with Gasteiger partial charge in [0.1, 0.15) is 11.8 Å². The SMILES string of the molecule is COc1ccccc1NC(=O)CC[C@H](NC(=O)CC[C@@H](C)[C@H]1CC[C@H]2[C@@H]3[C@H](O)C[C@@H]4C[C@H](O)CC[C@]4(C)[C@H]3CC[C@]12C)C(=O)O. The molecule has 0 aliphatic heterocycles. The predicted octanol–water partition coefficient (Wildman–Crippen LogP) is 5.39. The number of carboxylic acid groups (broad SMARTS) is 1. The van der Waals surface area contributed by atoms with Gasteiger partial charge >= 0.3 is 5.97 Å². The number of methoxy groups -OCH3 is 1. The molecule has 4 fully saturated rings. The first-order valence-electron chi connectivity index (χ1n) is 17.2. The zero-order valence-corrected chi connectivity index (χ0v) is 27.5. The van der Waals surface area contributed by atoms with E-state index in [1.165, 1.54) is 7.11 Å². The Morgan fingerprint density at radius 2 is 1.62 bits per heavy atom. The van der Waals surface area contributed by atoms with Gasteiger partial charge in [-0.25, -0.2) is 4.79 Å². The van der Waals surface area contributed by atoms with Crippen LogP contribution in [0.1, 0.15) is 97.8 Å². The molecular weight excluding hydrogens is 572 g/mol. The van der Waals surface area contributed by atoms with E-state index in [2.05, 4.69) is 31.4 Å². The Hall–Kier alpha value is -2.65. The molecule has 0 heterocycles. The van der Waals surface area contributed by atoms with Crippen molar-refractivity contribution in [2.75, 3.05) is 12.4 Å². The number of nitrogens with one attached hydrogen (secondary N) is 2. The number of rotatable bonds is 11. The van der Waals surface area contributed by atoms with E-state index in [9.17, 15) is 29.7 Å².